The van der Waals surface area contributed by atoms with E-state index in [-0.39, 0.29) is 0 Å². The maximum Gasteiger partial charge on any atom is 0.161 e. The SMILES string of the molecule is CCc1ccc(CNCCc2ccc3c(c2)OCCO3)o1. The lowest BCUT2D eigenvalue weighted by Gasteiger charge is -2.18. The highest BCUT2D eigenvalue weighted by atomic mass is 16.6. The van der Waals surface area contributed by atoms with E-state index >= 15 is 0 Å². The van der Waals surface area contributed by atoms with Gasteiger partial charge >= 0.3 is 0 Å². The molecule has 1 N–H and O–H groups in total. The zero-order valence-corrected chi connectivity index (χ0v) is 12.4. The zero-order chi connectivity index (χ0) is 14.5. The summed E-state index contributed by atoms with van der Waals surface area (Å²) in [4.78, 5) is 0. The van der Waals surface area contributed by atoms with Crippen molar-refractivity contribution in [3.05, 3.63) is 47.4 Å². The summed E-state index contributed by atoms with van der Waals surface area (Å²) in [6.45, 7) is 5.04. The standard InChI is InChI=1S/C17H21NO3/c1-2-14-4-5-15(21-14)12-18-8-7-13-3-6-16-17(11-13)20-10-9-19-16/h3-6,11,18H,2,7-10,12H2,1H3. The molecule has 1 aliphatic rings. The first kappa shape index (κ1) is 14.0. The molecule has 4 nitrogen and oxygen atoms in total. The minimum absolute atomic E-state index is 0.632. The minimum atomic E-state index is 0.632. The molecule has 0 radical (unpaired) electrons. The average molecular weight is 287 g/mol. The van der Waals surface area contributed by atoms with Crippen molar-refractivity contribution in [1.82, 2.24) is 5.32 Å². The average Bonchev–Trinajstić information content (AvgIpc) is 2.99. The predicted octanol–water partition coefficient (Wildman–Crippen LogP) is 2.95. The molecule has 1 aliphatic heterocycles. The van der Waals surface area contributed by atoms with Crippen molar-refractivity contribution < 1.29 is 13.9 Å². The van der Waals surface area contributed by atoms with E-state index in [2.05, 4.69) is 24.4 Å². The van der Waals surface area contributed by atoms with E-state index in [1.807, 2.05) is 18.2 Å². The van der Waals surface area contributed by atoms with Crippen molar-refractivity contribution in [2.24, 2.45) is 0 Å². The van der Waals surface area contributed by atoms with E-state index in [0.717, 1.165) is 49.0 Å². The maximum absolute atomic E-state index is 5.66. The maximum atomic E-state index is 5.66. The number of benzene rings is 1. The lowest BCUT2D eigenvalue weighted by Crippen LogP contribution is -2.17. The Morgan fingerprint density at radius 2 is 1.81 bits per heavy atom. The Morgan fingerprint density at radius 1 is 1.00 bits per heavy atom. The third-order valence-electron chi connectivity index (χ3n) is 3.56. The van der Waals surface area contributed by atoms with Crippen molar-refractivity contribution in [3.8, 4) is 11.5 Å². The summed E-state index contributed by atoms with van der Waals surface area (Å²) in [5.74, 6) is 3.74. The van der Waals surface area contributed by atoms with Gasteiger partial charge in [-0.15, -0.1) is 0 Å². The molecule has 0 saturated carbocycles. The van der Waals surface area contributed by atoms with Gasteiger partial charge < -0.3 is 19.2 Å². The molecule has 0 spiro atoms. The van der Waals surface area contributed by atoms with Crippen molar-refractivity contribution >= 4 is 0 Å². The summed E-state index contributed by atoms with van der Waals surface area (Å²) in [6, 6.07) is 10.2. The van der Waals surface area contributed by atoms with Gasteiger partial charge in [0.15, 0.2) is 11.5 Å². The molecule has 0 atom stereocenters. The fourth-order valence-corrected chi connectivity index (χ4v) is 2.39. The monoisotopic (exact) mass is 287 g/mol. The first-order valence-corrected chi connectivity index (χ1v) is 7.52. The van der Waals surface area contributed by atoms with Gasteiger partial charge in [-0.2, -0.15) is 0 Å². The summed E-state index contributed by atoms with van der Waals surface area (Å²) in [5, 5.41) is 3.40. The quantitative estimate of drug-likeness (QED) is 0.830. The summed E-state index contributed by atoms with van der Waals surface area (Å²) in [6.07, 6.45) is 1.90. The van der Waals surface area contributed by atoms with Crippen molar-refractivity contribution in [2.75, 3.05) is 19.8 Å². The van der Waals surface area contributed by atoms with Crippen molar-refractivity contribution in [3.63, 3.8) is 0 Å². The van der Waals surface area contributed by atoms with Crippen LogP contribution in [0.1, 0.15) is 24.0 Å². The molecule has 2 aromatic rings. The fraction of sp³-hybridized carbons (Fsp3) is 0.412. The number of fused-ring (bicyclic) bond motifs is 1. The minimum Gasteiger partial charge on any atom is -0.486 e. The highest BCUT2D eigenvalue weighted by molar-refractivity contribution is 5.43. The van der Waals surface area contributed by atoms with Gasteiger partial charge in [-0.05, 0) is 42.8 Å². The molecule has 3 rings (SSSR count). The third kappa shape index (κ3) is 3.58. The number of rotatable bonds is 6. The van der Waals surface area contributed by atoms with Gasteiger partial charge in [0.1, 0.15) is 24.7 Å². The molecule has 0 bridgehead atoms. The lowest BCUT2D eigenvalue weighted by atomic mass is 10.1. The van der Waals surface area contributed by atoms with E-state index < -0.39 is 0 Å². The molecular weight excluding hydrogens is 266 g/mol. The van der Waals surface area contributed by atoms with E-state index in [4.69, 9.17) is 13.9 Å². The Labute approximate surface area is 125 Å². The predicted molar refractivity (Wildman–Crippen MR) is 80.9 cm³/mol. The summed E-state index contributed by atoms with van der Waals surface area (Å²) >= 11 is 0. The topological polar surface area (TPSA) is 43.6 Å². The second-order valence-electron chi connectivity index (χ2n) is 5.13. The molecular formula is C17H21NO3. The Balaban J connectivity index is 1.47. The Bertz CT molecular complexity index is 591. The van der Waals surface area contributed by atoms with Gasteiger partial charge in [-0.3, -0.25) is 0 Å². The van der Waals surface area contributed by atoms with Gasteiger partial charge in [0.2, 0.25) is 0 Å². The van der Waals surface area contributed by atoms with Crippen molar-refractivity contribution in [1.29, 1.82) is 0 Å². The molecule has 0 unspecified atom stereocenters. The van der Waals surface area contributed by atoms with Crippen LogP contribution in [0.4, 0.5) is 0 Å². The lowest BCUT2D eigenvalue weighted by molar-refractivity contribution is 0.171. The van der Waals surface area contributed by atoms with Crippen LogP contribution in [0.25, 0.3) is 0 Å². The van der Waals surface area contributed by atoms with Crippen LogP contribution in [-0.4, -0.2) is 19.8 Å². The van der Waals surface area contributed by atoms with Crippen LogP contribution in [0, 0.1) is 0 Å². The van der Waals surface area contributed by atoms with Crippen LogP contribution in [0.2, 0.25) is 0 Å². The van der Waals surface area contributed by atoms with Crippen LogP contribution in [0.5, 0.6) is 11.5 Å². The van der Waals surface area contributed by atoms with Crippen molar-refractivity contribution in [2.45, 2.75) is 26.3 Å². The van der Waals surface area contributed by atoms with Crippen LogP contribution >= 0.6 is 0 Å². The second kappa shape index (κ2) is 6.68. The molecule has 4 heteroatoms. The number of furan rings is 1. The zero-order valence-electron chi connectivity index (χ0n) is 12.4. The largest absolute Gasteiger partial charge is 0.486 e. The third-order valence-corrected chi connectivity index (χ3v) is 3.56. The molecule has 0 aliphatic carbocycles. The number of hydrogen-bond acceptors (Lipinski definition) is 4. The molecule has 0 fully saturated rings. The molecule has 112 valence electrons. The Kier molecular flexibility index (Phi) is 4.46. The highest BCUT2D eigenvalue weighted by Gasteiger charge is 2.11. The molecule has 21 heavy (non-hydrogen) atoms. The summed E-state index contributed by atoms with van der Waals surface area (Å²) < 4.78 is 16.8. The van der Waals surface area contributed by atoms with Crippen LogP contribution in [-0.2, 0) is 19.4 Å². The van der Waals surface area contributed by atoms with E-state index in [9.17, 15) is 0 Å². The van der Waals surface area contributed by atoms with Gasteiger partial charge in [-0.25, -0.2) is 0 Å². The summed E-state index contributed by atoms with van der Waals surface area (Å²) in [7, 11) is 0. The Hall–Kier alpha value is -1.94. The highest BCUT2D eigenvalue weighted by Crippen LogP contribution is 2.30. The Morgan fingerprint density at radius 3 is 2.62 bits per heavy atom. The van der Waals surface area contributed by atoms with E-state index in [1.165, 1.54) is 5.56 Å². The van der Waals surface area contributed by atoms with Gasteiger partial charge in [0.25, 0.3) is 0 Å². The molecule has 1 aromatic heterocycles. The molecule has 0 saturated heterocycles. The first-order valence-electron chi connectivity index (χ1n) is 7.52. The fourth-order valence-electron chi connectivity index (χ4n) is 2.39. The van der Waals surface area contributed by atoms with Gasteiger partial charge in [0.05, 0.1) is 6.54 Å². The molecule has 1 aromatic carbocycles. The molecule has 0 amide bonds. The number of nitrogens with one attached hydrogen (secondary N) is 1. The van der Waals surface area contributed by atoms with Crippen LogP contribution < -0.4 is 14.8 Å². The van der Waals surface area contributed by atoms with Gasteiger partial charge in [-0.1, -0.05) is 13.0 Å². The van der Waals surface area contributed by atoms with E-state index in [0.29, 0.717) is 13.2 Å². The first-order chi connectivity index (χ1) is 10.3. The molecule has 2 heterocycles. The normalized spacial score (nSPS) is 13.4. The number of aryl methyl sites for hydroxylation is 1. The smallest absolute Gasteiger partial charge is 0.161 e. The van der Waals surface area contributed by atoms with Gasteiger partial charge in [0, 0.05) is 6.42 Å². The van der Waals surface area contributed by atoms with E-state index in [1.54, 1.807) is 0 Å². The number of ether oxygens (including phenoxy) is 2. The number of hydrogen-bond donors (Lipinski definition) is 1. The summed E-state index contributed by atoms with van der Waals surface area (Å²) in [5.41, 5.74) is 1.25. The van der Waals surface area contributed by atoms with Crippen LogP contribution in [0.3, 0.4) is 0 Å². The van der Waals surface area contributed by atoms with Crippen LogP contribution in [0.15, 0.2) is 34.7 Å². The second-order valence-corrected chi connectivity index (χ2v) is 5.13.